The quantitative estimate of drug-likeness (QED) is 0.369. The number of nitrogens with one attached hydrogen (secondary N) is 1. The van der Waals surface area contributed by atoms with Crippen LogP contribution in [0.25, 0.3) is 10.6 Å². The maximum atomic E-state index is 10.8. The van der Waals surface area contributed by atoms with Crippen LogP contribution in [0.4, 0.5) is 0 Å². The van der Waals surface area contributed by atoms with Crippen LogP contribution in [0, 0.1) is 13.1 Å². The molecule has 1 N–H and O–H groups in total. The molecule has 0 aromatic heterocycles. The van der Waals surface area contributed by atoms with E-state index in [1.165, 1.54) is 13.1 Å². The maximum absolute atomic E-state index is 10.8. The number of carbonyl (C=O) groups excluding carboxylic acids is 2. The fourth-order valence-electron chi connectivity index (χ4n) is 1.52. The summed E-state index contributed by atoms with van der Waals surface area (Å²) in [4.78, 5) is 23.1. The summed E-state index contributed by atoms with van der Waals surface area (Å²) in [6, 6.07) is 0.278. The molecular weight excluding hydrogens is 778 g/mol. The number of amides is 2. The Morgan fingerprint density at radius 2 is 1.73 bits per heavy atom. The Morgan fingerprint density at radius 3 is 2.36 bits per heavy atom. The third-order valence-electron chi connectivity index (χ3n) is 2.65. The van der Waals surface area contributed by atoms with Crippen LogP contribution in [0.1, 0.15) is 19.8 Å². The van der Waals surface area contributed by atoms with Gasteiger partial charge in [0.05, 0.1) is 11.8 Å². The molecule has 122 valence electrons. The Hall–Kier alpha value is 2.18. The van der Waals surface area contributed by atoms with E-state index >= 15 is 0 Å². The average Bonchev–Trinajstić information content (AvgIpc) is 2.62. The normalized spacial score (nSPS) is 20.1. The maximum Gasteiger partial charge on any atom is 0.0611 e. The van der Waals surface area contributed by atoms with Gasteiger partial charge in [-0.2, -0.15) is 13.1 Å². The summed E-state index contributed by atoms with van der Waals surface area (Å²) in [5, 5.41) is 10.5. The molecule has 2 rings (SSSR count). The van der Waals surface area contributed by atoms with Crippen molar-refractivity contribution in [2.24, 2.45) is 0 Å². The van der Waals surface area contributed by atoms with Gasteiger partial charge in [0.15, 0.2) is 0 Å². The second kappa shape index (κ2) is 19.5. The molecule has 0 aromatic carbocycles. The van der Waals surface area contributed by atoms with Gasteiger partial charge < -0.3 is 43.5 Å². The number of hydrogen-bond acceptors (Lipinski definition) is 2. The molecular formula is C12H20N4O2W2Y2-4. The van der Waals surface area contributed by atoms with Crippen molar-refractivity contribution < 1.29 is 117 Å². The number of hydrogen-bond donors (Lipinski definition) is 1. The Bertz CT molecular complexity index is 302. The third kappa shape index (κ3) is 15.7. The van der Waals surface area contributed by atoms with Crippen molar-refractivity contribution in [2.75, 3.05) is 26.7 Å². The van der Waals surface area contributed by atoms with Gasteiger partial charge >= 0.3 is 0 Å². The van der Waals surface area contributed by atoms with Crippen molar-refractivity contribution in [2.45, 2.75) is 25.8 Å². The second-order valence-corrected chi connectivity index (χ2v) is 4.38. The van der Waals surface area contributed by atoms with Crippen LogP contribution in [-0.4, -0.2) is 49.4 Å². The van der Waals surface area contributed by atoms with Crippen molar-refractivity contribution in [1.82, 2.24) is 10.2 Å². The fraction of sp³-hybridized carbons (Fsp3) is 0.667. The average molecular weight is 798 g/mol. The van der Waals surface area contributed by atoms with Crippen molar-refractivity contribution in [3.8, 4) is 0 Å². The van der Waals surface area contributed by atoms with Crippen LogP contribution in [-0.2, 0) is 117 Å². The van der Waals surface area contributed by atoms with Gasteiger partial charge in [0.1, 0.15) is 0 Å². The van der Waals surface area contributed by atoms with Crippen molar-refractivity contribution >= 4 is 11.8 Å². The Kier molecular flexibility index (Phi) is 28.3. The second-order valence-electron chi connectivity index (χ2n) is 4.38. The van der Waals surface area contributed by atoms with E-state index in [2.05, 4.69) is 16.0 Å². The van der Waals surface area contributed by atoms with E-state index in [0.717, 1.165) is 32.5 Å². The van der Waals surface area contributed by atoms with Crippen LogP contribution in [0.2, 0.25) is 0 Å². The Labute approximate surface area is 212 Å². The molecule has 0 aromatic rings. The molecule has 0 aliphatic carbocycles. The number of rotatable bonds is 0. The summed E-state index contributed by atoms with van der Waals surface area (Å²) in [5.74, 6) is -0.0486. The predicted octanol–water partition coefficient (Wildman–Crippen LogP) is 0.804. The molecule has 2 aliphatic heterocycles. The zero-order valence-electron chi connectivity index (χ0n) is 12.9. The minimum atomic E-state index is -0.0694. The Balaban J connectivity index is -0.000000125. The van der Waals surface area contributed by atoms with Gasteiger partial charge in [-0.15, -0.1) is 0 Å². The SMILES string of the molecule is CC1CC[N-][CH-]C(=O)N1.CN1CCC[N-][CH-]C1=O.[W].[W].[Y].[Y]. The van der Waals surface area contributed by atoms with Crippen LogP contribution in [0.3, 0.4) is 0 Å². The van der Waals surface area contributed by atoms with E-state index in [1.54, 1.807) is 11.9 Å². The van der Waals surface area contributed by atoms with E-state index in [4.69, 9.17) is 0 Å². The molecule has 2 heterocycles. The van der Waals surface area contributed by atoms with Gasteiger partial charge in [-0.3, -0.25) is 0 Å². The smallest absolute Gasteiger partial charge is 0.0611 e. The number of nitrogens with zero attached hydrogens (tertiary/aromatic N) is 3. The van der Waals surface area contributed by atoms with Crippen LogP contribution in [0.15, 0.2) is 0 Å². The summed E-state index contributed by atoms with van der Waals surface area (Å²) >= 11 is 0. The van der Waals surface area contributed by atoms with Crippen LogP contribution in [0.5, 0.6) is 0 Å². The van der Waals surface area contributed by atoms with E-state index < -0.39 is 0 Å². The van der Waals surface area contributed by atoms with Crippen LogP contribution < -0.4 is 5.32 Å². The molecule has 1 atom stereocenters. The first-order valence-electron chi connectivity index (χ1n) is 6.15. The van der Waals surface area contributed by atoms with Gasteiger partial charge in [-0.05, 0) is 6.92 Å². The molecule has 22 heavy (non-hydrogen) atoms. The molecule has 2 aliphatic rings. The minimum Gasteiger partial charge on any atom is -0.812 e. The summed E-state index contributed by atoms with van der Waals surface area (Å²) in [6.07, 6.45) is 1.93. The van der Waals surface area contributed by atoms with Crippen LogP contribution >= 0.6 is 0 Å². The zero-order chi connectivity index (χ0) is 13.4. The summed E-state index contributed by atoms with van der Waals surface area (Å²) in [5.41, 5.74) is 0. The fourth-order valence-corrected chi connectivity index (χ4v) is 1.52. The van der Waals surface area contributed by atoms with Crippen molar-refractivity contribution in [3.63, 3.8) is 0 Å². The molecule has 2 radical (unpaired) electrons. The summed E-state index contributed by atoms with van der Waals surface area (Å²) in [7, 11) is 1.79. The molecule has 10 heteroatoms. The monoisotopic (exact) mass is 798 g/mol. The molecule has 0 spiro atoms. The van der Waals surface area contributed by atoms with Gasteiger partial charge in [0, 0.05) is 127 Å². The molecule has 2 fully saturated rings. The minimum absolute atomic E-state index is 0. The summed E-state index contributed by atoms with van der Waals surface area (Å²) in [6.45, 7) is 7.11. The Morgan fingerprint density at radius 1 is 1.14 bits per heavy atom. The molecule has 0 bridgehead atoms. The van der Waals surface area contributed by atoms with E-state index in [-0.39, 0.29) is 125 Å². The number of likely N-dealkylation sites (N-methyl/N-ethyl adjacent to an activating group) is 1. The standard InChI is InChI=1S/2C6H10N2O.2W.2Y/c1-5-2-3-7-4-6(9)8-5;1-8-4-2-3-7-5-6(8)9;;;;/h4-5H,2-3H2,1H3,(H,8,9);5H,2-4H2,1H3;;;;/q2*-2;;;;. The number of carbonyl (C=O) groups is 2. The predicted molar refractivity (Wildman–Crippen MR) is 69.5 cm³/mol. The molecule has 0 saturated carbocycles. The first-order chi connectivity index (χ1) is 8.59. The molecule has 2 amide bonds. The van der Waals surface area contributed by atoms with E-state index in [0.29, 0.717) is 0 Å². The van der Waals surface area contributed by atoms with E-state index in [9.17, 15) is 9.59 Å². The third-order valence-corrected chi connectivity index (χ3v) is 2.65. The first-order valence-corrected chi connectivity index (χ1v) is 6.15. The summed E-state index contributed by atoms with van der Waals surface area (Å²) < 4.78 is 0. The van der Waals surface area contributed by atoms with Crippen molar-refractivity contribution in [3.05, 3.63) is 23.7 Å². The van der Waals surface area contributed by atoms with Gasteiger partial charge in [0.25, 0.3) is 0 Å². The largest absolute Gasteiger partial charge is 0.812 e. The molecule has 2 saturated heterocycles. The molecule has 1 unspecified atom stereocenters. The van der Waals surface area contributed by atoms with Gasteiger partial charge in [-0.25, -0.2) is 0 Å². The van der Waals surface area contributed by atoms with Crippen molar-refractivity contribution in [1.29, 1.82) is 0 Å². The first kappa shape index (κ1) is 31.9. The zero-order valence-corrected chi connectivity index (χ0v) is 24.4. The molecule has 6 nitrogen and oxygen atoms in total. The topological polar surface area (TPSA) is 77.6 Å². The van der Waals surface area contributed by atoms with E-state index in [1.807, 2.05) is 6.92 Å². The van der Waals surface area contributed by atoms with Gasteiger partial charge in [-0.1, -0.05) is 12.8 Å². The van der Waals surface area contributed by atoms with Gasteiger partial charge in [0.2, 0.25) is 0 Å².